The Morgan fingerprint density at radius 3 is 2.33 bits per heavy atom. The van der Waals surface area contributed by atoms with E-state index in [1.54, 1.807) is 0 Å². The number of allylic oxidation sites excluding steroid dienone is 3. The minimum absolute atomic E-state index is 0.337. The van der Waals surface area contributed by atoms with Crippen LogP contribution in [-0.4, -0.2) is 31.9 Å². The number of hydrogen-bond acceptors (Lipinski definition) is 3. The van der Waals surface area contributed by atoms with Gasteiger partial charge in [-0.15, -0.1) is 0 Å². The third-order valence-corrected chi connectivity index (χ3v) is 9.08. The molecule has 5 heteroatoms. The SMILES string of the molecule is C/C=C(\C=C\CCNC=O)CCC1CCC(CS(=O)(=O)C(C)(C)CC)CC1. The van der Waals surface area contributed by atoms with Gasteiger partial charge in [-0.2, -0.15) is 0 Å². The second kappa shape index (κ2) is 11.7. The maximum absolute atomic E-state index is 12.6. The first-order valence-corrected chi connectivity index (χ1v) is 12.1. The molecule has 1 N–H and O–H groups in total. The summed E-state index contributed by atoms with van der Waals surface area (Å²) in [6.45, 7) is 8.42. The molecule has 0 aromatic carbocycles. The van der Waals surface area contributed by atoms with Crippen molar-refractivity contribution in [1.82, 2.24) is 5.32 Å². The molecular weight excluding hydrogens is 358 g/mol. The summed E-state index contributed by atoms with van der Waals surface area (Å²) >= 11 is 0. The van der Waals surface area contributed by atoms with Crippen molar-refractivity contribution in [3.05, 3.63) is 23.8 Å². The highest BCUT2D eigenvalue weighted by Gasteiger charge is 2.35. The van der Waals surface area contributed by atoms with Crippen molar-refractivity contribution >= 4 is 16.2 Å². The normalized spacial score (nSPS) is 22.1. The molecule has 0 radical (unpaired) electrons. The number of amides is 1. The van der Waals surface area contributed by atoms with Gasteiger partial charge < -0.3 is 5.32 Å². The van der Waals surface area contributed by atoms with Crippen molar-refractivity contribution in [2.45, 2.75) is 83.8 Å². The maximum Gasteiger partial charge on any atom is 0.207 e. The fourth-order valence-electron chi connectivity index (χ4n) is 3.60. The highest BCUT2D eigenvalue weighted by Crippen LogP contribution is 2.35. The van der Waals surface area contributed by atoms with Crippen LogP contribution in [0.3, 0.4) is 0 Å². The molecule has 0 spiro atoms. The van der Waals surface area contributed by atoms with Gasteiger partial charge in [-0.3, -0.25) is 4.79 Å². The molecule has 0 aromatic rings. The van der Waals surface area contributed by atoms with E-state index >= 15 is 0 Å². The predicted octanol–water partition coefficient (Wildman–Crippen LogP) is 4.82. The van der Waals surface area contributed by atoms with Crippen LogP contribution in [0, 0.1) is 11.8 Å². The highest BCUT2D eigenvalue weighted by atomic mass is 32.2. The Balaban J connectivity index is 2.37. The van der Waals surface area contributed by atoms with Crippen LogP contribution in [0.2, 0.25) is 0 Å². The molecule has 1 saturated carbocycles. The van der Waals surface area contributed by atoms with Crippen LogP contribution < -0.4 is 5.32 Å². The van der Waals surface area contributed by atoms with Gasteiger partial charge in [-0.25, -0.2) is 8.42 Å². The smallest absolute Gasteiger partial charge is 0.207 e. The number of sulfone groups is 1. The van der Waals surface area contributed by atoms with Crippen LogP contribution in [0.15, 0.2) is 23.8 Å². The summed E-state index contributed by atoms with van der Waals surface area (Å²) in [5.41, 5.74) is 1.34. The third-order valence-electron chi connectivity index (χ3n) is 6.20. The summed E-state index contributed by atoms with van der Waals surface area (Å²) < 4.78 is 24.6. The van der Waals surface area contributed by atoms with Crippen LogP contribution in [0.4, 0.5) is 0 Å². The van der Waals surface area contributed by atoms with Gasteiger partial charge in [-0.05, 0) is 71.1 Å². The Hall–Kier alpha value is -1.10. The van der Waals surface area contributed by atoms with Crippen LogP contribution in [0.25, 0.3) is 0 Å². The number of rotatable bonds is 12. The van der Waals surface area contributed by atoms with Gasteiger partial charge in [-0.1, -0.05) is 43.6 Å². The zero-order chi connectivity index (χ0) is 20.3. The van der Waals surface area contributed by atoms with E-state index in [0.29, 0.717) is 30.6 Å². The summed E-state index contributed by atoms with van der Waals surface area (Å²) in [7, 11) is -3.02. The van der Waals surface area contributed by atoms with Gasteiger partial charge in [0.2, 0.25) is 6.41 Å². The van der Waals surface area contributed by atoms with Crippen molar-refractivity contribution in [3.63, 3.8) is 0 Å². The molecule has 4 nitrogen and oxygen atoms in total. The molecule has 27 heavy (non-hydrogen) atoms. The standard InChI is InChI=1S/C22H39NO3S/c1-5-19(9-7-8-16-23-18-24)10-11-20-12-14-21(15-13-20)17-27(25,26)22(3,4)6-2/h5,7,9,18,20-21H,6,8,10-17H2,1-4H3,(H,23,24)/b9-7+,19-5+. The average molecular weight is 398 g/mol. The van der Waals surface area contributed by atoms with Crippen molar-refractivity contribution in [2.75, 3.05) is 12.3 Å². The van der Waals surface area contributed by atoms with E-state index in [1.807, 2.05) is 20.8 Å². The Labute approximate surface area is 166 Å². The molecule has 0 aliphatic heterocycles. The largest absolute Gasteiger partial charge is 0.358 e. The lowest BCUT2D eigenvalue weighted by molar-refractivity contribution is -0.109. The molecule has 0 saturated heterocycles. The Kier molecular flexibility index (Phi) is 10.4. The molecule has 1 rings (SSSR count). The van der Waals surface area contributed by atoms with E-state index in [0.717, 1.165) is 44.9 Å². The van der Waals surface area contributed by atoms with Gasteiger partial charge in [0, 0.05) is 6.54 Å². The van der Waals surface area contributed by atoms with Gasteiger partial charge in [0.1, 0.15) is 0 Å². The van der Waals surface area contributed by atoms with Crippen LogP contribution in [0.1, 0.15) is 79.1 Å². The van der Waals surface area contributed by atoms with Crippen LogP contribution in [-0.2, 0) is 14.6 Å². The number of nitrogens with one attached hydrogen (secondary N) is 1. The summed E-state index contributed by atoms with van der Waals surface area (Å²) in [6, 6.07) is 0. The highest BCUT2D eigenvalue weighted by molar-refractivity contribution is 7.92. The summed E-state index contributed by atoms with van der Waals surface area (Å²) in [4.78, 5) is 10.2. The molecule has 0 atom stereocenters. The minimum atomic E-state index is -3.02. The van der Waals surface area contributed by atoms with Crippen molar-refractivity contribution < 1.29 is 13.2 Å². The third kappa shape index (κ3) is 8.20. The fraction of sp³-hybridized carbons (Fsp3) is 0.773. The number of carbonyl (C=O) groups excluding carboxylic acids is 1. The first-order chi connectivity index (χ1) is 12.8. The predicted molar refractivity (Wildman–Crippen MR) is 114 cm³/mol. The van der Waals surface area contributed by atoms with Gasteiger partial charge >= 0.3 is 0 Å². The lowest BCUT2D eigenvalue weighted by Gasteiger charge is -2.31. The van der Waals surface area contributed by atoms with Crippen molar-refractivity contribution in [3.8, 4) is 0 Å². The monoisotopic (exact) mass is 397 g/mol. The lowest BCUT2D eigenvalue weighted by Crippen LogP contribution is -2.36. The van der Waals surface area contributed by atoms with Gasteiger partial charge in [0.25, 0.3) is 0 Å². The van der Waals surface area contributed by atoms with Crippen molar-refractivity contribution in [1.29, 1.82) is 0 Å². The average Bonchev–Trinajstić information content (AvgIpc) is 2.64. The zero-order valence-electron chi connectivity index (χ0n) is 17.7. The molecule has 1 fully saturated rings. The van der Waals surface area contributed by atoms with E-state index in [9.17, 15) is 13.2 Å². The zero-order valence-corrected chi connectivity index (χ0v) is 18.5. The first-order valence-electron chi connectivity index (χ1n) is 10.5. The van der Waals surface area contributed by atoms with Crippen LogP contribution >= 0.6 is 0 Å². The molecular formula is C22H39NO3S. The Bertz CT molecular complexity index is 597. The van der Waals surface area contributed by atoms with E-state index in [1.165, 1.54) is 12.0 Å². The van der Waals surface area contributed by atoms with E-state index in [2.05, 4.69) is 30.5 Å². The lowest BCUT2D eigenvalue weighted by atomic mass is 9.80. The molecule has 1 amide bonds. The minimum Gasteiger partial charge on any atom is -0.358 e. The first kappa shape index (κ1) is 23.9. The Morgan fingerprint density at radius 1 is 1.15 bits per heavy atom. The second-order valence-electron chi connectivity index (χ2n) is 8.45. The molecule has 0 aromatic heterocycles. The van der Waals surface area contributed by atoms with E-state index in [4.69, 9.17) is 0 Å². The van der Waals surface area contributed by atoms with E-state index in [-0.39, 0.29) is 0 Å². The molecule has 0 bridgehead atoms. The Morgan fingerprint density at radius 2 is 1.78 bits per heavy atom. The molecule has 1 aliphatic rings. The fourth-order valence-corrected chi connectivity index (χ4v) is 5.44. The van der Waals surface area contributed by atoms with Crippen LogP contribution in [0.5, 0.6) is 0 Å². The maximum atomic E-state index is 12.6. The second-order valence-corrected chi connectivity index (χ2v) is 11.1. The van der Waals surface area contributed by atoms with E-state index < -0.39 is 14.6 Å². The molecule has 156 valence electrons. The van der Waals surface area contributed by atoms with Gasteiger partial charge in [0.15, 0.2) is 9.84 Å². The molecule has 1 aliphatic carbocycles. The molecule has 0 heterocycles. The topological polar surface area (TPSA) is 63.2 Å². The van der Waals surface area contributed by atoms with Crippen molar-refractivity contribution in [2.24, 2.45) is 11.8 Å². The summed E-state index contributed by atoms with van der Waals surface area (Å²) in [5.74, 6) is 1.41. The quantitative estimate of drug-likeness (QED) is 0.292. The summed E-state index contributed by atoms with van der Waals surface area (Å²) in [6.07, 6.45) is 15.3. The summed E-state index contributed by atoms with van der Waals surface area (Å²) in [5, 5.41) is 2.66. The number of carbonyl (C=O) groups is 1. The van der Waals surface area contributed by atoms with Gasteiger partial charge in [0.05, 0.1) is 10.5 Å². The molecule has 0 unspecified atom stereocenters. The number of hydrogen-bond donors (Lipinski definition) is 1.